The van der Waals surface area contributed by atoms with Crippen molar-refractivity contribution in [3.63, 3.8) is 0 Å². The van der Waals surface area contributed by atoms with Gasteiger partial charge in [0.25, 0.3) is 0 Å². The van der Waals surface area contributed by atoms with Gasteiger partial charge in [-0.1, -0.05) is 0 Å². The third kappa shape index (κ3) is 3.84. The van der Waals surface area contributed by atoms with E-state index in [1.165, 1.54) is 0 Å². The van der Waals surface area contributed by atoms with Crippen LogP contribution < -0.4 is 5.73 Å². The van der Waals surface area contributed by atoms with E-state index in [0.29, 0.717) is 6.42 Å². The molecule has 92 valence electrons. The van der Waals surface area contributed by atoms with Gasteiger partial charge in [-0.2, -0.15) is 18.3 Å². The summed E-state index contributed by atoms with van der Waals surface area (Å²) in [6.07, 6.45) is -2.73. The van der Waals surface area contributed by atoms with Crippen molar-refractivity contribution in [2.75, 3.05) is 0 Å². The number of alkyl halides is 3. The molecule has 0 spiro atoms. The maximum Gasteiger partial charge on any atom is 0.389 e. The Morgan fingerprint density at radius 3 is 2.56 bits per heavy atom. The fraction of sp³-hybridized carbons (Fsp3) is 0.700. The van der Waals surface area contributed by atoms with E-state index < -0.39 is 12.6 Å². The fourth-order valence-electron chi connectivity index (χ4n) is 1.66. The molecule has 1 heterocycles. The smallest absolute Gasteiger partial charge is 0.324 e. The summed E-state index contributed by atoms with van der Waals surface area (Å²) in [7, 11) is 1.76. The van der Waals surface area contributed by atoms with E-state index in [2.05, 4.69) is 5.10 Å². The van der Waals surface area contributed by atoms with E-state index in [1.54, 1.807) is 24.9 Å². The summed E-state index contributed by atoms with van der Waals surface area (Å²) in [5.41, 5.74) is 7.42. The Labute approximate surface area is 92.4 Å². The Morgan fingerprint density at radius 2 is 2.12 bits per heavy atom. The van der Waals surface area contributed by atoms with Crippen molar-refractivity contribution in [3.05, 3.63) is 17.5 Å². The highest BCUT2D eigenvalue weighted by Crippen LogP contribution is 2.25. The normalized spacial score (nSPS) is 14.1. The zero-order valence-electron chi connectivity index (χ0n) is 9.38. The lowest BCUT2D eigenvalue weighted by Crippen LogP contribution is -2.13. The standard InChI is InChI=1S/C10H16F3N3/c1-7-8(6-16(2)15-7)9(14)4-3-5-10(11,12)13/h6,9H,3-5,14H2,1-2H3. The molecule has 2 N–H and O–H groups in total. The molecule has 1 unspecified atom stereocenters. The van der Waals surface area contributed by atoms with E-state index in [-0.39, 0.29) is 12.5 Å². The third-order valence-corrected chi connectivity index (χ3v) is 2.43. The minimum absolute atomic E-state index is 0.0546. The van der Waals surface area contributed by atoms with E-state index in [0.717, 1.165) is 11.3 Å². The fourth-order valence-corrected chi connectivity index (χ4v) is 1.66. The largest absolute Gasteiger partial charge is 0.389 e. The van der Waals surface area contributed by atoms with Crippen LogP contribution in [-0.2, 0) is 7.05 Å². The lowest BCUT2D eigenvalue weighted by molar-refractivity contribution is -0.135. The van der Waals surface area contributed by atoms with E-state index in [4.69, 9.17) is 5.73 Å². The molecule has 3 nitrogen and oxygen atoms in total. The van der Waals surface area contributed by atoms with Crippen molar-refractivity contribution in [1.29, 1.82) is 0 Å². The van der Waals surface area contributed by atoms with Crippen LogP contribution in [0.4, 0.5) is 13.2 Å². The Balaban J connectivity index is 2.47. The van der Waals surface area contributed by atoms with Crippen LogP contribution in [0.3, 0.4) is 0 Å². The number of aromatic nitrogens is 2. The van der Waals surface area contributed by atoms with Crippen LogP contribution in [-0.4, -0.2) is 16.0 Å². The van der Waals surface area contributed by atoms with E-state index in [1.807, 2.05) is 0 Å². The highest BCUT2D eigenvalue weighted by atomic mass is 19.4. The van der Waals surface area contributed by atoms with Crippen LogP contribution in [0.1, 0.15) is 36.6 Å². The molecular formula is C10H16F3N3. The van der Waals surface area contributed by atoms with Crippen LogP contribution in [0, 0.1) is 6.92 Å². The summed E-state index contributed by atoms with van der Waals surface area (Å²) in [5.74, 6) is 0. The molecule has 0 radical (unpaired) electrons. The Kier molecular flexibility index (Phi) is 3.96. The minimum Gasteiger partial charge on any atom is -0.324 e. The summed E-state index contributed by atoms with van der Waals surface area (Å²) in [5, 5.41) is 4.10. The molecule has 0 aliphatic carbocycles. The summed E-state index contributed by atoms with van der Waals surface area (Å²) in [6.45, 7) is 1.80. The molecule has 1 rings (SSSR count). The number of nitrogens with two attached hydrogens (primary N) is 1. The Morgan fingerprint density at radius 1 is 1.50 bits per heavy atom. The van der Waals surface area contributed by atoms with Gasteiger partial charge in [0.15, 0.2) is 0 Å². The van der Waals surface area contributed by atoms with Gasteiger partial charge in [0.1, 0.15) is 0 Å². The first-order chi connectivity index (χ1) is 7.29. The Hall–Kier alpha value is -1.04. The topological polar surface area (TPSA) is 43.8 Å². The molecule has 1 aromatic heterocycles. The van der Waals surface area contributed by atoms with Crippen LogP contribution in [0.2, 0.25) is 0 Å². The molecule has 1 atom stereocenters. The quantitative estimate of drug-likeness (QED) is 0.871. The first kappa shape index (κ1) is 13.0. The second-order valence-corrected chi connectivity index (χ2v) is 3.96. The lowest BCUT2D eigenvalue weighted by atomic mass is 10.0. The highest BCUT2D eigenvalue weighted by molar-refractivity contribution is 5.19. The van der Waals surface area contributed by atoms with Gasteiger partial charge in [-0.05, 0) is 19.8 Å². The summed E-state index contributed by atoms with van der Waals surface area (Å²) >= 11 is 0. The molecule has 0 saturated heterocycles. The van der Waals surface area contributed by atoms with Crippen LogP contribution >= 0.6 is 0 Å². The van der Waals surface area contributed by atoms with Gasteiger partial charge in [-0.25, -0.2) is 0 Å². The van der Waals surface area contributed by atoms with Gasteiger partial charge in [0.05, 0.1) is 5.69 Å². The average Bonchev–Trinajstić information content (AvgIpc) is 2.43. The SMILES string of the molecule is Cc1nn(C)cc1C(N)CCCC(F)(F)F. The maximum absolute atomic E-state index is 11.9. The molecule has 1 aromatic rings. The lowest BCUT2D eigenvalue weighted by Gasteiger charge is -2.11. The average molecular weight is 235 g/mol. The maximum atomic E-state index is 11.9. The molecule has 0 amide bonds. The van der Waals surface area contributed by atoms with Crippen LogP contribution in [0.25, 0.3) is 0 Å². The monoisotopic (exact) mass is 235 g/mol. The van der Waals surface area contributed by atoms with Gasteiger partial charge in [-0.3, -0.25) is 4.68 Å². The first-order valence-electron chi connectivity index (χ1n) is 5.12. The molecule has 0 aliphatic rings. The molecule has 0 bridgehead atoms. The third-order valence-electron chi connectivity index (χ3n) is 2.43. The molecule has 0 saturated carbocycles. The zero-order valence-corrected chi connectivity index (χ0v) is 9.38. The number of hydrogen-bond acceptors (Lipinski definition) is 2. The summed E-state index contributed by atoms with van der Waals surface area (Å²) in [6, 6.07) is -0.365. The number of nitrogens with zero attached hydrogens (tertiary/aromatic N) is 2. The van der Waals surface area contributed by atoms with E-state index >= 15 is 0 Å². The van der Waals surface area contributed by atoms with E-state index in [9.17, 15) is 13.2 Å². The van der Waals surface area contributed by atoms with Gasteiger partial charge in [0.2, 0.25) is 0 Å². The Bertz CT molecular complexity index is 344. The van der Waals surface area contributed by atoms with Gasteiger partial charge < -0.3 is 5.73 Å². The molecule has 16 heavy (non-hydrogen) atoms. The summed E-state index contributed by atoms with van der Waals surface area (Å²) < 4.78 is 37.4. The minimum atomic E-state index is -4.09. The van der Waals surface area contributed by atoms with Crippen molar-refractivity contribution < 1.29 is 13.2 Å². The van der Waals surface area contributed by atoms with Crippen molar-refractivity contribution in [1.82, 2.24) is 9.78 Å². The van der Waals surface area contributed by atoms with Crippen molar-refractivity contribution in [2.45, 2.75) is 38.4 Å². The van der Waals surface area contributed by atoms with Gasteiger partial charge in [-0.15, -0.1) is 0 Å². The predicted molar refractivity (Wildman–Crippen MR) is 54.8 cm³/mol. The zero-order chi connectivity index (χ0) is 12.3. The van der Waals surface area contributed by atoms with Crippen molar-refractivity contribution in [3.8, 4) is 0 Å². The van der Waals surface area contributed by atoms with Crippen molar-refractivity contribution in [2.24, 2.45) is 12.8 Å². The molecule has 0 aliphatic heterocycles. The molecule has 0 fully saturated rings. The predicted octanol–water partition coefficient (Wildman–Crippen LogP) is 2.46. The molecule has 0 aromatic carbocycles. The molecule has 6 heteroatoms. The number of rotatable bonds is 4. The van der Waals surface area contributed by atoms with Crippen molar-refractivity contribution >= 4 is 0 Å². The second-order valence-electron chi connectivity index (χ2n) is 3.96. The van der Waals surface area contributed by atoms with Crippen LogP contribution in [0.5, 0.6) is 0 Å². The van der Waals surface area contributed by atoms with Crippen LogP contribution in [0.15, 0.2) is 6.20 Å². The molecular weight excluding hydrogens is 219 g/mol. The van der Waals surface area contributed by atoms with Gasteiger partial charge >= 0.3 is 6.18 Å². The van der Waals surface area contributed by atoms with Gasteiger partial charge in [0, 0.05) is 31.3 Å². The number of hydrogen-bond donors (Lipinski definition) is 1. The number of halogens is 3. The first-order valence-corrected chi connectivity index (χ1v) is 5.12. The second kappa shape index (κ2) is 4.86. The summed E-state index contributed by atoms with van der Waals surface area (Å²) in [4.78, 5) is 0. The number of aryl methyl sites for hydroxylation is 2. The highest BCUT2D eigenvalue weighted by Gasteiger charge is 2.26.